The second-order valence-electron chi connectivity index (χ2n) is 6.96. The molecule has 1 aromatic heterocycles. The predicted molar refractivity (Wildman–Crippen MR) is 92.6 cm³/mol. The van der Waals surface area contributed by atoms with E-state index < -0.39 is 14.1 Å². The number of methoxy groups -OCH3 is 1. The highest BCUT2D eigenvalue weighted by molar-refractivity contribution is 6.76. The zero-order valence-corrected chi connectivity index (χ0v) is 15.3. The van der Waals surface area contributed by atoms with Gasteiger partial charge in [0, 0.05) is 27.4 Å². The number of hydrogen-bond donors (Lipinski definition) is 1. The Kier molecular flexibility index (Phi) is 5.91. The lowest BCUT2D eigenvalue weighted by molar-refractivity contribution is 0.0898. The minimum atomic E-state index is -1.11. The van der Waals surface area contributed by atoms with E-state index in [2.05, 4.69) is 24.6 Å². The summed E-state index contributed by atoms with van der Waals surface area (Å²) in [5.41, 5.74) is 7.38. The van der Waals surface area contributed by atoms with Crippen molar-refractivity contribution in [3.05, 3.63) is 29.8 Å². The molecule has 0 saturated heterocycles. The molecule has 7 heteroatoms. The van der Waals surface area contributed by atoms with Crippen LogP contribution in [-0.2, 0) is 16.2 Å². The first-order chi connectivity index (χ1) is 10.8. The SMILES string of the molecule is COC[C@@H](N)c1ccc2c(ncn2COCC[Si](C)(C)C)c1F. The largest absolute Gasteiger partial charge is 0.383 e. The molecule has 0 radical (unpaired) electrons. The lowest BCUT2D eigenvalue weighted by atomic mass is 10.1. The maximum absolute atomic E-state index is 14.6. The van der Waals surface area contributed by atoms with Crippen LogP contribution in [0.25, 0.3) is 11.0 Å². The van der Waals surface area contributed by atoms with Crippen LogP contribution in [0.3, 0.4) is 0 Å². The Morgan fingerprint density at radius 1 is 1.35 bits per heavy atom. The van der Waals surface area contributed by atoms with Crippen LogP contribution in [0.5, 0.6) is 0 Å². The molecule has 2 N–H and O–H groups in total. The monoisotopic (exact) mass is 339 g/mol. The molecule has 0 amide bonds. The quantitative estimate of drug-likeness (QED) is 0.593. The van der Waals surface area contributed by atoms with Crippen molar-refractivity contribution in [1.29, 1.82) is 0 Å². The van der Waals surface area contributed by atoms with Crippen LogP contribution in [-0.4, -0.2) is 37.9 Å². The van der Waals surface area contributed by atoms with Crippen molar-refractivity contribution >= 4 is 19.1 Å². The third-order valence-corrected chi connectivity index (χ3v) is 5.44. The highest BCUT2D eigenvalue weighted by Gasteiger charge is 2.17. The smallest absolute Gasteiger partial charge is 0.155 e. The molecule has 0 fully saturated rings. The van der Waals surface area contributed by atoms with Crippen LogP contribution in [0.2, 0.25) is 25.7 Å². The molecule has 128 valence electrons. The Bertz CT molecular complexity index is 655. The van der Waals surface area contributed by atoms with E-state index in [1.54, 1.807) is 19.5 Å². The molecule has 1 heterocycles. The van der Waals surface area contributed by atoms with E-state index in [1.807, 2.05) is 10.6 Å². The highest BCUT2D eigenvalue weighted by atomic mass is 28.3. The minimum absolute atomic E-state index is 0.267. The van der Waals surface area contributed by atoms with E-state index in [0.717, 1.165) is 6.04 Å². The first-order valence-electron chi connectivity index (χ1n) is 7.79. The second-order valence-corrected chi connectivity index (χ2v) is 12.6. The van der Waals surface area contributed by atoms with Crippen molar-refractivity contribution in [2.24, 2.45) is 5.73 Å². The van der Waals surface area contributed by atoms with E-state index in [4.69, 9.17) is 15.2 Å². The Balaban J connectivity index is 2.11. The lowest BCUT2D eigenvalue weighted by Crippen LogP contribution is -2.22. The van der Waals surface area contributed by atoms with Crippen LogP contribution < -0.4 is 5.73 Å². The molecule has 2 rings (SSSR count). The highest BCUT2D eigenvalue weighted by Crippen LogP contribution is 2.24. The Morgan fingerprint density at radius 2 is 2.09 bits per heavy atom. The molecule has 0 aliphatic rings. The maximum atomic E-state index is 14.6. The summed E-state index contributed by atoms with van der Waals surface area (Å²) < 4.78 is 27.1. The number of halogens is 1. The fourth-order valence-electron chi connectivity index (χ4n) is 2.31. The number of nitrogens with zero attached hydrogens (tertiary/aromatic N) is 2. The summed E-state index contributed by atoms with van der Waals surface area (Å²) >= 11 is 0. The average molecular weight is 339 g/mol. The zero-order chi connectivity index (χ0) is 17.0. The number of rotatable bonds is 8. The van der Waals surface area contributed by atoms with Crippen LogP contribution in [0.4, 0.5) is 4.39 Å². The van der Waals surface area contributed by atoms with Gasteiger partial charge >= 0.3 is 0 Å². The van der Waals surface area contributed by atoms with Gasteiger partial charge in [0.25, 0.3) is 0 Å². The summed E-state index contributed by atoms with van der Waals surface area (Å²) in [6.45, 7) is 8.29. The van der Waals surface area contributed by atoms with Crippen LogP contribution in [0.1, 0.15) is 11.6 Å². The third-order valence-electron chi connectivity index (χ3n) is 3.73. The van der Waals surface area contributed by atoms with E-state index in [1.165, 1.54) is 0 Å². The Labute approximate surface area is 137 Å². The van der Waals surface area contributed by atoms with Gasteiger partial charge in [0.2, 0.25) is 0 Å². The van der Waals surface area contributed by atoms with Gasteiger partial charge in [-0.2, -0.15) is 0 Å². The Morgan fingerprint density at radius 3 is 2.74 bits per heavy atom. The zero-order valence-electron chi connectivity index (χ0n) is 14.3. The Hall–Kier alpha value is -1.28. The number of nitrogens with two attached hydrogens (primary N) is 1. The molecule has 1 aromatic carbocycles. The molecule has 0 aliphatic heterocycles. The van der Waals surface area contributed by atoms with Crippen LogP contribution >= 0.6 is 0 Å². The van der Waals surface area contributed by atoms with Crippen molar-refractivity contribution < 1.29 is 13.9 Å². The number of ether oxygens (including phenoxy) is 2. The van der Waals surface area contributed by atoms with Gasteiger partial charge in [-0.05, 0) is 12.1 Å². The number of aromatic nitrogens is 2. The first-order valence-corrected chi connectivity index (χ1v) is 11.5. The number of imidazole rings is 1. The predicted octanol–water partition coefficient (Wildman–Crippen LogP) is 3.13. The van der Waals surface area contributed by atoms with Crippen molar-refractivity contribution in [2.45, 2.75) is 38.5 Å². The van der Waals surface area contributed by atoms with Gasteiger partial charge < -0.3 is 19.8 Å². The molecular formula is C16H26FN3O2Si. The molecule has 1 atom stereocenters. The van der Waals surface area contributed by atoms with Gasteiger partial charge in [0.15, 0.2) is 5.82 Å². The van der Waals surface area contributed by atoms with Gasteiger partial charge in [-0.1, -0.05) is 25.7 Å². The van der Waals surface area contributed by atoms with Crippen molar-refractivity contribution in [3.63, 3.8) is 0 Å². The minimum Gasteiger partial charge on any atom is -0.383 e. The molecule has 23 heavy (non-hydrogen) atoms. The molecule has 0 spiro atoms. The van der Waals surface area contributed by atoms with E-state index in [9.17, 15) is 4.39 Å². The van der Waals surface area contributed by atoms with Gasteiger partial charge in [-0.3, -0.25) is 0 Å². The topological polar surface area (TPSA) is 62.3 Å². The molecule has 5 nitrogen and oxygen atoms in total. The molecule has 2 aromatic rings. The van der Waals surface area contributed by atoms with Crippen molar-refractivity contribution in [3.8, 4) is 0 Å². The summed E-state index contributed by atoms with van der Waals surface area (Å²) in [6, 6.07) is 4.13. The second kappa shape index (κ2) is 7.52. The third kappa shape index (κ3) is 4.60. The number of fused-ring (bicyclic) bond motifs is 1. The summed E-state index contributed by atoms with van der Waals surface area (Å²) in [6.07, 6.45) is 1.61. The fraction of sp³-hybridized carbons (Fsp3) is 0.562. The average Bonchev–Trinajstić information content (AvgIpc) is 2.87. The molecule has 0 bridgehead atoms. The molecule has 0 saturated carbocycles. The number of benzene rings is 1. The van der Waals surface area contributed by atoms with Crippen LogP contribution in [0, 0.1) is 5.82 Å². The molecular weight excluding hydrogens is 313 g/mol. The first kappa shape index (κ1) is 18.1. The van der Waals surface area contributed by atoms with E-state index in [-0.39, 0.29) is 12.4 Å². The summed E-state index contributed by atoms with van der Waals surface area (Å²) in [7, 11) is 0.439. The van der Waals surface area contributed by atoms with Gasteiger partial charge in [0.05, 0.1) is 24.5 Å². The molecule has 0 aliphatic carbocycles. The maximum Gasteiger partial charge on any atom is 0.155 e. The normalized spacial score (nSPS) is 13.7. The molecule has 0 unspecified atom stereocenters. The van der Waals surface area contributed by atoms with E-state index >= 15 is 0 Å². The van der Waals surface area contributed by atoms with Crippen LogP contribution in [0.15, 0.2) is 18.5 Å². The van der Waals surface area contributed by atoms with Crippen molar-refractivity contribution in [2.75, 3.05) is 20.3 Å². The van der Waals surface area contributed by atoms with Gasteiger partial charge in [0.1, 0.15) is 12.2 Å². The summed E-state index contributed by atoms with van der Waals surface area (Å²) in [5.74, 6) is -0.382. The van der Waals surface area contributed by atoms with Gasteiger partial charge in [-0.15, -0.1) is 0 Å². The fourth-order valence-corrected chi connectivity index (χ4v) is 3.07. The number of hydrogen-bond acceptors (Lipinski definition) is 4. The van der Waals surface area contributed by atoms with Crippen molar-refractivity contribution in [1.82, 2.24) is 9.55 Å². The summed E-state index contributed by atoms with van der Waals surface area (Å²) in [5, 5.41) is 0. The van der Waals surface area contributed by atoms with E-state index in [0.29, 0.717) is 29.9 Å². The lowest BCUT2D eigenvalue weighted by Gasteiger charge is -2.15. The summed E-state index contributed by atoms with van der Waals surface area (Å²) in [4.78, 5) is 4.17. The van der Waals surface area contributed by atoms with Gasteiger partial charge in [-0.25, -0.2) is 9.37 Å². The standard InChI is InChI=1S/C16H26FN3O2Si/c1-21-9-13(18)12-5-6-14-16(15(12)17)19-10-20(14)11-22-7-8-23(2,3)4/h5-6,10,13H,7-9,11,18H2,1-4H3/t13-/m1/s1.